The summed E-state index contributed by atoms with van der Waals surface area (Å²) in [5.74, 6) is -1.35. The van der Waals surface area contributed by atoms with Crippen molar-refractivity contribution in [1.29, 1.82) is 0 Å². The number of nitrogens with one attached hydrogen (secondary N) is 1. The molecule has 1 amide bonds. The van der Waals surface area contributed by atoms with Gasteiger partial charge in [-0.2, -0.15) is 4.98 Å². The molecule has 3 aromatic heterocycles. The molecule has 3 heterocycles. The Morgan fingerprint density at radius 2 is 1.97 bits per heavy atom. The van der Waals surface area contributed by atoms with Crippen molar-refractivity contribution in [2.24, 2.45) is 5.92 Å². The number of rotatable bonds is 8. The average Bonchev–Trinajstić information content (AvgIpc) is 3.54. The van der Waals surface area contributed by atoms with Crippen molar-refractivity contribution in [3.05, 3.63) is 65.0 Å². The Labute approximate surface area is 218 Å². The molecule has 1 aliphatic rings. The first-order valence-corrected chi connectivity index (χ1v) is 12.4. The third-order valence-electron chi connectivity index (χ3n) is 6.78. The van der Waals surface area contributed by atoms with Crippen LogP contribution in [0.2, 0.25) is 0 Å². The molecule has 0 unspecified atom stereocenters. The maximum absolute atomic E-state index is 14.7. The maximum atomic E-state index is 14.7. The van der Waals surface area contributed by atoms with Gasteiger partial charge in [0.2, 0.25) is 11.8 Å². The number of hydrogen-bond acceptors (Lipinski definition) is 7. The van der Waals surface area contributed by atoms with E-state index in [4.69, 9.17) is 15.2 Å². The Balaban J connectivity index is 1.40. The van der Waals surface area contributed by atoms with Crippen molar-refractivity contribution < 1.29 is 23.0 Å². The molecular formula is C27H28F2N6O3. The van der Waals surface area contributed by atoms with E-state index in [2.05, 4.69) is 20.4 Å². The second kappa shape index (κ2) is 10.6. The number of anilines is 1. The predicted octanol–water partition coefficient (Wildman–Crippen LogP) is 4.47. The van der Waals surface area contributed by atoms with Gasteiger partial charge in [-0.1, -0.05) is 12.8 Å². The molecule has 0 bridgehead atoms. The second-order valence-electron chi connectivity index (χ2n) is 9.37. The van der Waals surface area contributed by atoms with Gasteiger partial charge in [-0.15, -0.1) is 5.10 Å². The van der Waals surface area contributed by atoms with Crippen molar-refractivity contribution >= 4 is 17.5 Å². The highest BCUT2D eigenvalue weighted by molar-refractivity contribution is 5.97. The Morgan fingerprint density at radius 3 is 2.74 bits per heavy atom. The van der Waals surface area contributed by atoms with Crippen LogP contribution in [0.4, 0.5) is 14.7 Å². The summed E-state index contributed by atoms with van der Waals surface area (Å²) in [6.07, 6.45) is 6.03. The lowest BCUT2D eigenvalue weighted by Gasteiger charge is -2.17. The zero-order valence-electron chi connectivity index (χ0n) is 21.1. The van der Waals surface area contributed by atoms with Crippen LogP contribution in [0, 0.1) is 24.5 Å². The van der Waals surface area contributed by atoms with E-state index in [-0.39, 0.29) is 35.2 Å². The molecule has 1 aromatic carbocycles. The van der Waals surface area contributed by atoms with Crippen LogP contribution in [0.5, 0.6) is 11.6 Å². The SMILES string of the molecule is COc1nc(C)c(-c2ccn3nc(N)nc3c2)cc1C(=O)NCc1c(F)cc(F)cc1OCC1CCCC1. The number of ether oxygens (including phenoxy) is 2. The molecule has 0 spiro atoms. The molecule has 38 heavy (non-hydrogen) atoms. The molecule has 1 aliphatic carbocycles. The van der Waals surface area contributed by atoms with Crippen LogP contribution in [-0.2, 0) is 6.54 Å². The van der Waals surface area contributed by atoms with Crippen molar-refractivity contribution in [1.82, 2.24) is 24.9 Å². The number of nitrogens with zero attached hydrogens (tertiary/aromatic N) is 4. The van der Waals surface area contributed by atoms with Crippen LogP contribution in [0.1, 0.15) is 47.3 Å². The summed E-state index contributed by atoms with van der Waals surface area (Å²) in [6, 6.07) is 7.17. The van der Waals surface area contributed by atoms with Gasteiger partial charge in [0.05, 0.1) is 13.7 Å². The smallest absolute Gasteiger partial charge is 0.257 e. The van der Waals surface area contributed by atoms with Gasteiger partial charge < -0.3 is 20.5 Å². The van der Waals surface area contributed by atoms with Gasteiger partial charge in [-0.25, -0.2) is 18.3 Å². The number of aromatic nitrogens is 4. The van der Waals surface area contributed by atoms with Gasteiger partial charge in [0.1, 0.15) is 22.9 Å². The molecule has 0 radical (unpaired) electrons. The summed E-state index contributed by atoms with van der Waals surface area (Å²) in [4.78, 5) is 21.9. The first kappa shape index (κ1) is 25.4. The second-order valence-corrected chi connectivity index (χ2v) is 9.37. The summed E-state index contributed by atoms with van der Waals surface area (Å²) in [5, 5.41) is 6.78. The van der Waals surface area contributed by atoms with E-state index in [1.165, 1.54) is 7.11 Å². The first-order valence-electron chi connectivity index (χ1n) is 12.4. The molecule has 198 valence electrons. The average molecular weight is 523 g/mol. The van der Waals surface area contributed by atoms with Crippen molar-refractivity contribution in [2.75, 3.05) is 19.5 Å². The third kappa shape index (κ3) is 5.22. The number of halogens is 2. The molecule has 4 aromatic rings. The number of fused-ring (bicyclic) bond motifs is 1. The molecule has 1 fully saturated rings. The zero-order chi connectivity index (χ0) is 26.8. The molecule has 3 N–H and O–H groups in total. The lowest BCUT2D eigenvalue weighted by molar-refractivity contribution is 0.0946. The number of amides is 1. The minimum atomic E-state index is -0.790. The highest BCUT2D eigenvalue weighted by Gasteiger charge is 2.21. The van der Waals surface area contributed by atoms with E-state index < -0.39 is 17.5 Å². The Bertz CT molecular complexity index is 1500. The highest BCUT2D eigenvalue weighted by atomic mass is 19.1. The molecule has 5 rings (SSSR count). The number of methoxy groups -OCH3 is 1. The molecule has 0 atom stereocenters. The van der Waals surface area contributed by atoms with Gasteiger partial charge in [-0.3, -0.25) is 4.79 Å². The van der Waals surface area contributed by atoms with Gasteiger partial charge in [-0.05, 0) is 49.4 Å². The molecule has 0 saturated heterocycles. The largest absolute Gasteiger partial charge is 0.493 e. The number of nitrogen functional groups attached to an aromatic ring is 1. The number of benzene rings is 1. The van der Waals surface area contributed by atoms with Crippen molar-refractivity contribution in [3.63, 3.8) is 0 Å². The molecule has 9 nitrogen and oxygen atoms in total. The van der Waals surface area contributed by atoms with Crippen LogP contribution in [-0.4, -0.2) is 39.2 Å². The van der Waals surface area contributed by atoms with Crippen LogP contribution >= 0.6 is 0 Å². The number of hydrogen-bond donors (Lipinski definition) is 2. The Hall–Kier alpha value is -4.28. The molecular weight excluding hydrogens is 494 g/mol. The monoisotopic (exact) mass is 522 g/mol. The summed E-state index contributed by atoms with van der Waals surface area (Å²) >= 11 is 0. The van der Waals surface area contributed by atoms with E-state index in [1.54, 1.807) is 35.8 Å². The number of nitrogens with two attached hydrogens (primary N) is 1. The lowest BCUT2D eigenvalue weighted by atomic mass is 10.0. The summed E-state index contributed by atoms with van der Waals surface area (Å²) in [7, 11) is 1.41. The fraction of sp³-hybridized carbons (Fsp3) is 0.333. The van der Waals surface area contributed by atoms with E-state index in [0.717, 1.165) is 43.4 Å². The van der Waals surface area contributed by atoms with Gasteiger partial charge in [0.15, 0.2) is 5.65 Å². The topological polar surface area (TPSA) is 117 Å². The van der Waals surface area contributed by atoms with Gasteiger partial charge in [0.25, 0.3) is 5.91 Å². The van der Waals surface area contributed by atoms with Crippen LogP contribution in [0.15, 0.2) is 36.5 Å². The summed E-state index contributed by atoms with van der Waals surface area (Å²) in [6.45, 7) is 1.97. The van der Waals surface area contributed by atoms with Crippen molar-refractivity contribution in [3.8, 4) is 22.8 Å². The van der Waals surface area contributed by atoms with Gasteiger partial charge in [0, 0.05) is 41.7 Å². The van der Waals surface area contributed by atoms with Gasteiger partial charge >= 0.3 is 0 Å². The third-order valence-corrected chi connectivity index (χ3v) is 6.78. The fourth-order valence-corrected chi connectivity index (χ4v) is 4.79. The predicted molar refractivity (Wildman–Crippen MR) is 137 cm³/mol. The van der Waals surface area contributed by atoms with Crippen LogP contribution in [0.3, 0.4) is 0 Å². The molecule has 11 heteroatoms. The van der Waals surface area contributed by atoms with Crippen LogP contribution < -0.4 is 20.5 Å². The number of pyridine rings is 2. The maximum Gasteiger partial charge on any atom is 0.257 e. The van der Waals surface area contributed by atoms with E-state index in [0.29, 0.717) is 29.4 Å². The Morgan fingerprint density at radius 1 is 1.18 bits per heavy atom. The number of carbonyl (C=O) groups is 1. The fourth-order valence-electron chi connectivity index (χ4n) is 4.79. The van der Waals surface area contributed by atoms with E-state index in [1.807, 2.05) is 0 Å². The zero-order valence-corrected chi connectivity index (χ0v) is 21.1. The van der Waals surface area contributed by atoms with Crippen molar-refractivity contribution in [2.45, 2.75) is 39.2 Å². The summed E-state index contributed by atoms with van der Waals surface area (Å²) in [5.41, 5.74) is 8.51. The molecule has 0 aliphatic heterocycles. The van der Waals surface area contributed by atoms with E-state index in [9.17, 15) is 13.6 Å². The standard InChI is InChI=1S/C27H28F2N6O3/c1-15-19(17-7-8-35-24(9-17)33-27(30)34-35)12-20(26(32-15)37-2)25(36)31-13-21-22(29)10-18(28)11-23(21)38-14-16-5-3-4-6-16/h7-12,16H,3-6,13-14H2,1-2H3,(H2,30,34)(H,31,36). The Kier molecular flexibility index (Phi) is 7.08. The minimum absolute atomic E-state index is 0.0758. The summed E-state index contributed by atoms with van der Waals surface area (Å²) < 4.78 is 41.4. The highest BCUT2D eigenvalue weighted by Crippen LogP contribution is 2.30. The first-order chi connectivity index (χ1) is 18.3. The number of aryl methyl sites for hydroxylation is 1. The minimum Gasteiger partial charge on any atom is -0.493 e. The van der Waals surface area contributed by atoms with E-state index >= 15 is 0 Å². The lowest BCUT2D eigenvalue weighted by Crippen LogP contribution is -2.25. The molecule has 1 saturated carbocycles. The number of carbonyl (C=O) groups excluding carboxylic acids is 1. The normalized spacial score (nSPS) is 13.7. The quantitative estimate of drug-likeness (QED) is 0.351. The van der Waals surface area contributed by atoms with Crippen LogP contribution in [0.25, 0.3) is 16.8 Å².